The van der Waals surface area contributed by atoms with E-state index in [4.69, 9.17) is 0 Å². The molecular weight excluding hydrogens is 458 g/mol. The zero-order valence-corrected chi connectivity index (χ0v) is 20.5. The van der Waals surface area contributed by atoms with Crippen LogP contribution in [0.2, 0.25) is 0 Å². The van der Waals surface area contributed by atoms with E-state index in [-0.39, 0.29) is 36.6 Å². The van der Waals surface area contributed by atoms with E-state index in [1.807, 2.05) is 56.5 Å². The van der Waals surface area contributed by atoms with Crippen molar-refractivity contribution in [2.24, 2.45) is 4.99 Å². The molecule has 2 aromatic rings. The zero-order valence-electron chi connectivity index (χ0n) is 18.9. The number of ketones is 2. The summed E-state index contributed by atoms with van der Waals surface area (Å²) >= 11 is 2.83. The molecule has 0 bridgehead atoms. The molecule has 174 valence electrons. The van der Waals surface area contributed by atoms with Gasteiger partial charge in [-0.3, -0.25) is 19.7 Å². The zero-order chi connectivity index (χ0) is 24.0. The van der Waals surface area contributed by atoms with E-state index >= 15 is 0 Å². The Labute approximate surface area is 201 Å². The fourth-order valence-corrected chi connectivity index (χ4v) is 5.12. The van der Waals surface area contributed by atoms with E-state index < -0.39 is 17.5 Å². The molecule has 9 heteroatoms. The van der Waals surface area contributed by atoms with Crippen LogP contribution in [0.5, 0.6) is 0 Å². The van der Waals surface area contributed by atoms with Gasteiger partial charge >= 0.3 is 6.03 Å². The molecule has 1 aliphatic heterocycles. The molecule has 0 radical (unpaired) electrons. The Morgan fingerprint density at radius 2 is 1.85 bits per heavy atom. The molecule has 0 aliphatic carbocycles. The number of rotatable bonds is 8. The van der Waals surface area contributed by atoms with Crippen molar-refractivity contribution in [3.63, 3.8) is 0 Å². The first-order chi connectivity index (χ1) is 15.6. The molecule has 0 unspecified atom stereocenters. The standard InChI is InChI=1S/C24H27N3O4S2/c1-24(2,3)27-23(31)26-20(30)10-9-17(28)13-32-12-16-11-19(29)21-18(14-33-22(21)25-16)15-7-5-4-6-8-15/h4-8,14H,9-13H2,1-3H3,(H2,26,27,30,31). The third-order valence-electron chi connectivity index (χ3n) is 4.66. The molecule has 1 aromatic heterocycles. The lowest BCUT2D eigenvalue weighted by Crippen LogP contribution is -2.48. The number of thioether (sulfide) groups is 1. The minimum atomic E-state index is -0.572. The second-order valence-electron chi connectivity index (χ2n) is 8.76. The molecule has 7 nitrogen and oxygen atoms in total. The summed E-state index contributed by atoms with van der Waals surface area (Å²) < 4.78 is 0. The molecule has 2 N–H and O–H groups in total. The number of nitrogens with one attached hydrogen (secondary N) is 2. The van der Waals surface area contributed by atoms with Crippen molar-refractivity contribution in [3.05, 3.63) is 41.3 Å². The number of fused-ring (bicyclic) bond motifs is 1. The van der Waals surface area contributed by atoms with Crippen molar-refractivity contribution in [2.75, 3.05) is 11.5 Å². The van der Waals surface area contributed by atoms with Gasteiger partial charge in [-0.25, -0.2) is 9.79 Å². The molecule has 33 heavy (non-hydrogen) atoms. The summed E-state index contributed by atoms with van der Waals surface area (Å²) in [5.74, 6) is 0.179. The highest BCUT2D eigenvalue weighted by Crippen LogP contribution is 2.40. The number of carbonyl (C=O) groups excluding carboxylic acids is 4. The summed E-state index contributed by atoms with van der Waals surface area (Å²) in [6.45, 7) is 5.43. The van der Waals surface area contributed by atoms with E-state index in [1.54, 1.807) is 0 Å². The molecule has 3 rings (SSSR count). The Balaban J connectivity index is 1.45. The van der Waals surface area contributed by atoms with Gasteiger partial charge in [-0.05, 0) is 26.3 Å². The van der Waals surface area contributed by atoms with Crippen LogP contribution in [0.4, 0.5) is 9.80 Å². The lowest BCUT2D eigenvalue weighted by atomic mass is 9.97. The highest BCUT2D eigenvalue weighted by atomic mass is 32.2. The van der Waals surface area contributed by atoms with Gasteiger partial charge in [0.25, 0.3) is 0 Å². The van der Waals surface area contributed by atoms with Crippen molar-refractivity contribution >= 4 is 57.3 Å². The molecule has 3 amide bonds. The van der Waals surface area contributed by atoms with Gasteiger partial charge in [0.2, 0.25) is 5.91 Å². The SMILES string of the molecule is CC(C)(C)NC(=O)NC(=O)CCC(=O)CSCC1=Nc2scc(-c3ccccc3)c2C(=O)C1. The number of urea groups is 1. The number of carbonyl (C=O) groups is 4. The van der Waals surface area contributed by atoms with Crippen LogP contribution >= 0.6 is 23.1 Å². The van der Waals surface area contributed by atoms with Crippen LogP contribution in [0.25, 0.3) is 11.1 Å². The fourth-order valence-electron chi connectivity index (χ4n) is 3.24. The van der Waals surface area contributed by atoms with Gasteiger partial charge in [-0.2, -0.15) is 0 Å². The van der Waals surface area contributed by atoms with Crippen LogP contribution in [-0.4, -0.2) is 46.3 Å². The Hall–Kier alpha value is -2.78. The topological polar surface area (TPSA) is 105 Å². The van der Waals surface area contributed by atoms with E-state index in [9.17, 15) is 19.2 Å². The number of Topliss-reactive ketones (excluding diaryl/α,β-unsaturated/α-hetero) is 2. The maximum atomic E-state index is 12.8. The summed E-state index contributed by atoms with van der Waals surface area (Å²) in [5.41, 5.74) is 2.90. The molecule has 0 atom stereocenters. The first-order valence-electron chi connectivity index (χ1n) is 10.6. The Morgan fingerprint density at radius 1 is 1.12 bits per heavy atom. The average molecular weight is 486 g/mol. The highest BCUT2D eigenvalue weighted by Gasteiger charge is 2.25. The monoisotopic (exact) mass is 485 g/mol. The highest BCUT2D eigenvalue weighted by molar-refractivity contribution is 8.00. The van der Waals surface area contributed by atoms with Gasteiger partial charge in [-0.1, -0.05) is 30.3 Å². The molecule has 2 heterocycles. The van der Waals surface area contributed by atoms with Gasteiger partial charge in [-0.15, -0.1) is 23.1 Å². The number of benzene rings is 1. The summed E-state index contributed by atoms with van der Waals surface area (Å²) in [6, 6.07) is 9.22. The summed E-state index contributed by atoms with van der Waals surface area (Å²) in [5, 5.41) is 7.54. The average Bonchev–Trinajstić information content (AvgIpc) is 3.16. The van der Waals surface area contributed by atoms with Crippen molar-refractivity contribution in [2.45, 2.75) is 45.6 Å². The maximum absolute atomic E-state index is 12.8. The summed E-state index contributed by atoms with van der Waals surface area (Å²) in [7, 11) is 0. The second-order valence-corrected chi connectivity index (χ2v) is 10.6. The van der Waals surface area contributed by atoms with E-state index in [0.29, 0.717) is 11.3 Å². The van der Waals surface area contributed by atoms with Gasteiger partial charge in [0.05, 0.1) is 17.7 Å². The largest absolute Gasteiger partial charge is 0.333 e. The van der Waals surface area contributed by atoms with Crippen LogP contribution in [0.15, 0.2) is 40.7 Å². The molecule has 0 saturated carbocycles. The minimum Gasteiger partial charge on any atom is -0.333 e. The predicted molar refractivity (Wildman–Crippen MR) is 134 cm³/mol. The maximum Gasteiger partial charge on any atom is 0.321 e. The lowest BCUT2D eigenvalue weighted by Gasteiger charge is -2.20. The number of nitrogens with zero attached hydrogens (tertiary/aromatic N) is 1. The van der Waals surface area contributed by atoms with Gasteiger partial charge in [0, 0.05) is 40.8 Å². The van der Waals surface area contributed by atoms with Crippen LogP contribution in [0.1, 0.15) is 50.4 Å². The summed E-state index contributed by atoms with van der Waals surface area (Å²) in [6.07, 6.45) is 0.260. The van der Waals surface area contributed by atoms with E-state index in [0.717, 1.165) is 21.8 Å². The number of imide groups is 1. The first kappa shape index (κ1) is 24.9. The van der Waals surface area contributed by atoms with Gasteiger partial charge in [0.1, 0.15) is 10.8 Å². The third-order valence-corrected chi connectivity index (χ3v) is 6.60. The number of hydrogen-bond acceptors (Lipinski definition) is 7. The molecular formula is C24H27N3O4S2. The molecule has 0 fully saturated rings. The van der Waals surface area contributed by atoms with Gasteiger partial charge in [0.15, 0.2) is 5.78 Å². The quantitative estimate of drug-likeness (QED) is 0.560. The van der Waals surface area contributed by atoms with Crippen molar-refractivity contribution < 1.29 is 19.2 Å². The van der Waals surface area contributed by atoms with Crippen molar-refractivity contribution in [1.29, 1.82) is 0 Å². The number of hydrogen-bond donors (Lipinski definition) is 2. The molecule has 1 aliphatic rings. The van der Waals surface area contributed by atoms with Gasteiger partial charge < -0.3 is 5.32 Å². The van der Waals surface area contributed by atoms with E-state index in [2.05, 4.69) is 15.6 Å². The van der Waals surface area contributed by atoms with Crippen molar-refractivity contribution in [3.8, 4) is 11.1 Å². The van der Waals surface area contributed by atoms with E-state index in [1.165, 1.54) is 23.1 Å². The molecule has 0 spiro atoms. The van der Waals surface area contributed by atoms with Crippen LogP contribution in [-0.2, 0) is 9.59 Å². The Morgan fingerprint density at radius 3 is 2.55 bits per heavy atom. The Kier molecular flexibility index (Phi) is 8.20. The third kappa shape index (κ3) is 7.36. The number of aliphatic imine (C=N–C) groups is 1. The minimum absolute atomic E-state index is 0.0444. The Bertz CT molecular complexity index is 1080. The van der Waals surface area contributed by atoms with Crippen LogP contribution in [0, 0.1) is 0 Å². The van der Waals surface area contributed by atoms with Crippen LogP contribution in [0.3, 0.4) is 0 Å². The normalized spacial score (nSPS) is 13.2. The summed E-state index contributed by atoms with van der Waals surface area (Å²) in [4.78, 5) is 53.1. The molecule has 1 aromatic carbocycles. The number of amides is 3. The van der Waals surface area contributed by atoms with Crippen molar-refractivity contribution in [1.82, 2.24) is 10.6 Å². The lowest BCUT2D eigenvalue weighted by molar-refractivity contribution is -0.123. The fraction of sp³-hybridized carbons (Fsp3) is 0.375. The molecule has 0 saturated heterocycles. The first-order valence-corrected chi connectivity index (χ1v) is 12.6. The van der Waals surface area contributed by atoms with Crippen LogP contribution < -0.4 is 10.6 Å². The smallest absolute Gasteiger partial charge is 0.321 e. The predicted octanol–water partition coefficient (Wildman–Crippen LogP) is 4.78. The number of thiophene rings is 1. The second kappa shape index (κ2) is 10.9.